The fourth-order valence-corrected chi connectivity index (χ4v) is 4.56. The SMILES string of the molecule is CC1CC(C)CN(C(=O)c2cc(-c3ccc4c(c3)OCO4)nc3ccccc23)C1. The van der Waals surface area contributed by atoms with Crippen LogP contribution in [0.25, 0.3) is 22.2 Å². The number of nitrogens with zero attached hydrogens (tertiary/aromatic N) is 2. The number of hydrogen-bond acceptors (Lipinski definition) is 4. The summed E-state index contributed by atoms with van der Waals surface area (Å²) in [6.07, 6.45) is 1.17. The number of hydrogen-bond donors (Lipinski definition) is 0. The highest BCUT2D eigenvalue weighted by Gasteiger charge is 2.27. The van der Waals surface area contributed by atoms with Crippen molar-refractivity contribution in [1.29, 1.82) is 0 Å². The number of piperidine rings is 1. The number of fused-ring (bicyclic) bond motifs is 2. The highest BCUT2D eigenvalue weighted by Crippen LogP contribution is 2.36. The molecule has 1 saturated heterocycles. The first-order valence-corrected chi connectivity index (χ1v) is 10.2. The van der Waals surface area contributed by atoms with Crippen LogP contribution in [0.5, 0.6) is 11.5 Å². The van der Waals surface area contributed by atoms with Crippen molar-refractivity contribution in [3.8, 4) is 22.8 Å². The largest absolute Gasteiger partial charge is 0.454 e. The Kier molecular flexibility index (Phi) is 4.38. The summed E-state index contributed by atoms with van der Waals surface area (Å²) in [4.78, 5) is 20.4. The Balaban J connectivity index is 1.60. The van der Waals surface area contributed by atoms with Gasteiger partial charge in [-0.15, -0.1) is 0 Å². The number of likely N-dealkylation sites (tertiary alicyclic amines) is 1. The van der Waals surface area contributed by atoms with E-state index in [2.05, 4.69) is 13.8 Å². The number of aromatic nitrogens is 1. The highest BCUT2D eigenvalue weighted by molar-refractivity contribution is 6.07. The minimum absolute atomic E-state index is 0.0870. The van der Waals surface area contributed by atoms with Crippen molar-refractivity contribution < 1.29 is 14.3 Å². The van der Waals surface area contributed by atoms with E-state index in [1.165, 1.54) is 6.42 Å². The predicted octanol–water partition coefficient (Wildman–Crippen LogP) is 4.75. The van der Waals surface area contributed by atoms with Gasteiger partial charge < -0.3 is 14.4 Å². The lowest BCUT2D eigenvalue weighted by Crippen LogP contribution is -2.42. The molecular weight excluding hydrogens is 364 g/mol. The molecule has 2 aliphatic heterocycles. The molecule has 0 radical (unpaired) electrons. The average Bonchev–Trinajstić information content (AvgIpc) is 3.19. The van der Waals surface area contributed by atoms with Crippen molar-refractivity contribution in [3.05, 3.63) is 54.1 Å². The second-order valence-corrected chi connectivity index (χ2v) is 8.30. The van der Waals surface area contributed by atoms with Gasteiger partial charge in [-0.1, -0.05) is 32.0 Å². The molecule has 29 heavy (non-hydrogen) atoms. The summed E-state index contributed by atoms with van der Waals surface area (Å²) in [6, 6.07) is 15.6. The summed E-state index contributed by atoms with van der Waals surface area (Å²) in [5, 5.41) is 0.896. The third-order valence-electron chi connectivity index (χ3n) is 5.77. The van der Waals surface area contributed by atoms with Crippen LogP contribution >= 0.6 is 0 Å². The molecule has 1 fully saturated rings. The van der Waals surface area contributed by atoms with Crippen molar-refractivity contribution in [2.75, 3.05) is 19.9 Å². The van der Waals surface area contributed by atoms with Crippen molar-refractivity contribution in [2.24, 2.45) is 11.8 Å². The van der Waals surface area contributed by atoms with Crippen LogP contribution < -0.4 is 9.47 Å². The third kappa shape index (κ3) is 3.31. The van der Waals surface area contributed by atoms with Gasteiger partial charge in [-0.3, -0.25) is 4.79 Å². The molecule has 2 aliphatic rings. The van der Waals surface area contributed by atoms with Crippen LogP contribution in [0, 0.1) is 11.8 Å². The maximum absolute atomic E-state index is 13.5. The first-order valence-electron chi connectivity index (χ1n) is 10.2. The van der Waals surface area contributed by atoms with Crippen LogP contribution in [0.2, 0.25) is 0 Å². The zero-order valence-corrected chi connectivity index (χ0v) is 16.7. The van der Waals surface area contributed by atoms with Crippen molar-refractivity contribution in [3.63, 3.8) is 0 Å². The van der Waals surface area contributed by atoms with E-state index < -0.39 is 0 Å². The van der Waals surface area contributed by atoms with Gasteiger partial charge in [0.05, 0.1) is 16.8 Å². The Labute approximate surface area is 170 Å². The van der Waals surface area contributed by atoms with Gasteiger partial charge in [-0.2, -0.15) is 0 Å². The fraction of sp³-hybridized carbons (Fsp3) is 0.333. The highest BCUT2D eigenvalue weighted by atomic mass is 16.7. The Morgan fingerprint density at radius 3 is 2.59 bits per heavy atom. The maximum Gasteiger partial charge on any atom is 0.254 e. The standard InChI is InChI=1S/C24H24N2O3/c1-15-9-16(2)13-26(12-15)24(27)19-11-21(25-20-6-4-3-5-18(19)20)17-7-8-22-23(10-17)29-14-28-22/h3-8,10-11,15-16H,9,12-14H2,1-2H3. The van der Waals surface area contributed by atoms with Crippen LogP contribution in [0.15, 0.2) is 48.5 Å². The van der Waals surface area contributed by atoms with Crippen molar-refractivity contribution >= 4 is 16.8 Å². The van der Waals surface area contributed by atoms with Gasteiger partial charge in [0.25, 0.3) is 5.91 Å². The Hall–Kier alpha value is -3.08. The van der Waals surface area contributed by atoms with Crippen LogP contribution in [-0.4, -0.2) is 35.7 Å². The monoisotopic (exact) mass is 388 g/mol. The molecule has 0 bridgehead atoms. The van der Waals surface area contributed by atoms with E-state index in [9.17, 15) is 4.79 Å². The predicted molar refractivity (Wildman–Crippen MR) is 112 cm³/mol. The number of amides is 1. The first kappa shape index (κ1) is 18.0. The molecule has 0 aliphatic carbocycles. The zero-order chi connectivity index (χ0) is 20.0. The topological polar surface area (TPSA) is 51.7 Å². The quantitative estimate of drug-likeness (QED) is 0.636. The molecular formula is C24H24N2O3. The van der Waals surface area contributed by atoms with E-state index in [4.69, 9.17) is 14.5 Å². The van der Waals surface area contributed by atoms with Gasteiger partial charge in [-0.25, -0.2) is 4.98 Å². The molecule has 0 N–H and O–H groups in total. The zero-order valence-electron chi connectivity index (χ0n) is 16.7. The van der Waals surface area contributed by atoms with E-state index >= 15 is 0 Å². The number of rotatable bonds is 2. The van der Waals surface area contributed by atoms with Gasteiger partial charge in [0.1, 0.15) is 0 Å². The van der Waals surface area contributed by atoms with Gasteiger partial charge in [0.2, 0.25) is 6.79 Å². The van der Waals surface area contributed by atoms with Gasteiger partial charge in [0, 0.05) is 24.0 Å². The van der Waals surface area contributed by atoms with Gasteiger partial charge in [-0.05, 0) is 48.6 Å². The summed E-state index contributed by atoms with van der Waals surface area (Å²) in [5.74, 6) is 2.57. The number of carbonyl (C=O) groups excluding carboxylic acids is 1. The Bertz CT molecular complexity index is 1080. The van der Waals surface area contributed by atoms with Gasteiger partial charge >= 0.3 is 0 Å². The summed E-state index contributed by atoms with van der Waals surface area (Å²) >= 11 is 0. The maximum atomic E-state index is 13.5. The number of pyridine rings is 1. The number of carbonyl (C=O) groups is 1. The van der Waals surface area contributed by atoms with Crippen LogP contribution in [0.1, 0.15) is 30.6 Å². The lowest BCUT2D eigenvalue weighted by Gasteiger charge is -2.35. The van der Waals surface area contributed by atoms with E-state index in [0.29, 0.717) is 23.1 Å². The molecule has 1 aromatic heterocycles. The smallest absolute Gasteiger partial charge is 0.254 e. The molecule has 5 heteroatoms. The molecule has 2 atom stereocenters. The Morgan fingerprint density at radius 2 is 1.76 bits per heavy atom. The summed E-state index contributed by atoms with van der Waals surface area (Å²) in [6.45, 7) is 6.29. The molecule has 1 amide bonds. The summed E-state index contributed by atoms with van der Waals surface area (Å²) in [5.41, 5.74) is 3.21. The second kappa shape index (κ2) is 7.07. The molecule has 2 aromatic carbocycles. The lowest BCUT2D eigenvalue weighted by atomic mass is 9.91. The number of ether oxygens (including phenoxy) is 2. The van der Waals surface area contributed by atoms with E-state index in [1.807, 2.05) is 53.4 Å². The fourth-order valence-electron chi connectivity index (χ4n) is 4.56. The van der Waals surface area contributed by atoms with Crippen LogP contribution in [0.4, 0.5) is 0 Å². The molecule has 3 aromatic rings. The molecule has 3 heterocycles. The van der Waals surface area contributed by atoms with E-state index in [0.717, 1.165) is 41.0 Å². The minimum Gasteiger partial charge on any atom is -0.454 e. The van der Waals surface area contributed by atoms with Crippen molar-refractivity contribution in [1.82, 2.24) is 9.88 Å². The Morgan fingerprint density at radius 1 is 1.00 bits per heavy atom. The molecule has 5 rings (SSSR count). The molecule has 2 unspecified atom stereocenters. The van der Waals surface area contributed by atoms with Gasteiger partial charge in [0.15, 0.2) is 11.5 Å². The first-order chi connectivity index (χ1) is 14.1. The lowest BCUT2D eigenvalue weighted by molar-refractivity contribution is 0.0625. The van der Waals surface area contributed by atoms with Crippen LogP contribution in [0.3, 0.4) is 0 Å². The molecule has 148 valence electrons. The van der Waals surface area contributed by atoms with Crippen molar-refractivity contribution in [2.45, 2.75) is 20.3 Å². The van der Waals surface area contributed by atoms with Crippen LogP contribution in [-0.2, 0) is 0 Å². The number of para-hydroxylation sites is 1. The molecule has 0 saturated carbocycles. The molecule has 5 nitrogen and oxygen atoms in total. The summed E-state index contributed by atoms with van der Waals surface area (Å²) < 4.78 is 10.9. The normalized spacial score (nSPS) is 20.8. The second-order valence-electron chi connectivity index (χ2n) is 8.30. The average molecular weight is 388 g/mol. The summed E-state index contributed by atoms with van der Waals surface area (Å²) in [7, 11) is 0. The van der Waals surface area contributed by atoms with E-state index in [-0.39, 0.29) is 12.7 Å². The minimum atomic E-state index is 0.0870. The van der Waals surface area contributed by atoms with E-state index in [1.54, 1.807) is 0 Å². The molecule has 0 spiro atoms. The number of benzene rings is 2. The third-order valence-corrected chi connectivity index (χ3v) is 5.77.